The monoisotopic (exact) mass is 187 g/mol. The van der Waals surface area contributed by atoms with Crippen molar-refractivity contribution < 1.29 is 0 Å². The minimum Gasteiger partial charge on any atom is -0.256 e. The summed E-state index contributed by atoms with van der Waals surface area (Å²) in [6, 6.07) is 8.38. The van der Waals surface area contributed by atoms with E-state index in [1.54, 1.807) is 0 Å². The molecule has 0 amide bonds. The number of rotatable bonds is 0. The Morgan fingerprint density at radius 1 is 1.07 bits per heavy atom. The molecular formula is C13H17N. The van der Waals surface area contributed by atoms with Gasteiger partial charge in [-0.3, -0.25) is 4.98 Å². The number of pyridine rings is 1. The molecule has 0 unspecified atom stereocenters. The van der Waals surface area contributed by atoms with E-state index < -0.39 is 0 Å². The van der Waals surface area contributed by atoms with Gasteiger partial charge in [-0.1, -0.05) is 26.0 Å². The van der Waals surface area contributed by atoms with Gasteiger partial charge >= 0.3 is 0 Å². The highest BCUT2D eigenvalue weighted by Crippen LogP contribution is 2.17. The van der Waals surface area contributed by atoms with E-state index in [0.717, 1.165) is 5.52 Å². The van der Waals surface area contributed by atoms with Crippen molar-refractivity contribution in [3.8, 4) is 0 Å². The van der Waals surface area contributed by atoms with E-state index in [-0.39, 0.29) is 0 Å². The van der Waals surface area contributed by atoms with Crippen LogP contribution in [0.3, 0.4) is 0 Å². The third-order valence-corrected chi connectivity index (χ3v) is 2.07. The molecule has 1 heteroatoms. The number of nitrogens with zero attached hydrogens (tertiary/aromatic N) is 1. The van der Waals surface area contributed by atoms with Crippen LogP contribution in [0.4, 0.5) is 0 Å². The second-order valence-electron chi connectivity index (χ2n) is 3.15. The number of hydrogen-bond acceptors (Lipinski definition) is 1. The number of aryl methyl sites for hydroxylation is 2. The fourth-order valence-electron chi connectivity index (χ4n) is 1.54. The Morgan fingerprint density at radius 3 is 2.50 bits per heavy atom. The third kappa shape index (κ3) is 2.11. The number of fused-ring (bicyclic) bond motifs is 1. The van der Waals surface area contributed by atoms with Crippen molar-refractivity contribution in [2.24, 2.45) is 0 Å². The first-order valence-corrected chi connectivity index (χ1v) is 5.09. The standard InChI is InChI=1S/C11H11N.C2H6/c1-8-6-9(2)10-4-3-5-12-11(10)7-8;1-2/h3-7H,1-2H3;1-2H3. The Bertz CT molecular complexity index is 419. The summed E-state index contributed by atoms with van der Waals surface area (Å²) in [7, 11) is 0. The molecule has 1 aromatic heterocycles. The van der Waals surface area contributed by atoms with E-state index in [0.29, 0.717) is 0 Å². The Labute approximate surface area is 85.8 Å². The molecule has 0 fully saturated rings. The minimum absolute atomic E-state index is 1.09. The van der Waals surface area contributed by atoms with Crippen molar-refractivity contribution in [2.45, 2.75) is 27.7 Å². The van der Waals surface area contributed by atoms with Gasteiger partial charge in [0.2, 0.25) is 0 Å². The summed E-state index contributed by atoms with van der Waals surface area (Å²) < 4.78 is 0. The number of hydrogen-bond donors (Lipinski definition) is 0. The smallest absolute Gasteiger partial charge is 0.0707 e. The molecule has 1 heterocycles. The first-order chi connectivity index (χ1) is 6.77. The Kier molecular flexibility index (Phi) is 3.63. The van der Waals surface area contributed by atoms with Crippen LogP contribution < -0.4 is 0 Å². The molecular weight excluding hydrogens is 170 g/mol. The average molecular weight is 187 g/mol. The molecule has 0 N–H and O–H groups in total. The topological polar surface area (TPSA) is 12.9 Å². The second kappa shape index (κ2) is 4.75. The molecule has 14 heavy (non-hydrogen) atoms. The van der Waals surface area contributed by atoms with Gasteiger partial charge < -0.3 is 0 Å². The summed E-state index contributed by atoms with van der Waals surface area (Å²) >= 11 is 0. The molecule has 0 radical (unpaired) electrons. The van der Waals surface area contributed by atoms with Crippen LogP contribution in [0.15, 0.2) is 30.5 Å². The highest BCUT2D eigenvalue weighted by atomic mass is 14.6. The summed E-state index contributed by atoms with van der Waals surface area (Å²) in [5, 5.41) is 1.25. The minimum atomic E-state index is 1.09. The maximum Gasteiger partial charge on any atom is 0.0707 e. The first kappa shape index (κ1) is 10.7. The van der Waals surface area contributed by atoms with Gasteiger partial charge in [0.1, 0.15) is 0 Å². The summed E-state index contributed by atoms with van der Waals surface area (Å²) in [5.74, 6) is 0. The van der Waals surface area contributed by atoms with Gasteiger partial charge in [-0.25, -0.2) is 0 Å². The van der Waals surface area contributed by atoms with Crippen LogP contribution in [-0.2, 0) is 0 Å². The molecule has 2 aromatic rings. The van der Waals surface area contributed by atoms with E-state index >= 15 is 0 Å². The van der Waals surface area contributed by atoms with Crippen molar-refractivity contribution in [1.29, 1.82) is 0 Å². The molecule has 0 spiro atoms. The zero-order valence-electron chi connectivity index (χ0n) is 9.33. The molecule has 1 nitrogen and oxygen atoms in total. The molecule has 0 bridgehead atoms. The second-order valence-corrected chi connectivity index (χ2v) is 3.15. The predicted molar refractivity (Wildman–Crippen MR) is 62.6 cm³/mol. The molecule has 1 aromatic carbocycles. The molecule has 0 saturated heterocycles. The molecule has 2 rings (SSSR count). The van der Waals surface area contributed by atoms with Gasteiger partial charge in [0.15, 0.2) is 0 Å². The van der Waals surface area contributed by atoms with E-state index in [2.05, 4.69) is 37.0 Å². The lowest BCUT2D eigenvalue weighted by atomic mass is 10.1. The first-order valence-electron chi connectivity index (χ1n) is 5.09. The zero-order valence-corrected chi connectivity index (χ0v) is 9.33. The third-order valence-electron chi connectivity index (χ3n) is 2.07. The van der Waals surface area contributed by atoms with Crippen molar-refractivity contribution >= 4 is 10.9 Å². The summed E-state index contributed by atoms with van der Waals surface area (Å²) in [4.78, 5) is 4.30. The molecule has 0 aliphatic carbocycles. The number of aromatic nitrogens is 1. The van der Waals surface area contributed by atoms with Gasteiger partial charge in [-0.05, 0) is 37.1 Å². The lowest BCUT2D eigenvalue weighted by molar-refractivity contribution is 1.36. The van der Waals surface area contributed by atoms with Crippen molar-refractivity contribution in [3.63, 3.8) is 0 Å². The SMILES string of the molecule is CC.Cc1cc(C)c2cccnc2c1. The highest BCUT2D eigenvalue weighted by Gasteiger charge is 1.97. The molecule has 74 valence electrons. The van der Waals surface area contributed by atoms with Crippen LogP contribution in [-0.4, -0.2) is 4.98 Å². The largest absolute Gasteiger partial charge is 0.256 e. The molecule has 0 saturated carbocycles. The van der Waals surface area contributed by atoms with Gasteiger partial charge in [0.05, 0.1) is 5.52 Å². The summed E-state index contributed by atoms with van der Waals surface area (Å²) in [6.45, 7) is 8.22. The van der Waals surface area contributed by atoms with Crippen LogP contribution in [0.5, 0.6) is 0 Å². The Balaban J connectivity index is 0.000000461. The Morgan fingerprint density at radius 2 is 1.79 bits per heavy atom. The maximum atomic E-state index is 4.30. The van der Waals surface area contributed by atoms with Gasteiger partial charge in [-0.2, -0.15) is 0 Å². The fourth-order valence-corrected chi connectivity index (χ4v) is 1.54. The van der Waals surface area contributed by atoms with Crippen LogP contribution in [0.2, 0.25) is 0 Å². The molecule has 0 aliphatic rings. The fraction of sp³-hybridized carbons (Fsp3) is 0.308. The lowest BCUT2D eigenvalue weighted by Gasteiger charge is -2.01. The lowest BCUT2D eigenvalue weighted by Crippen LogP contribution is -1.83. The van der Waals surface area contributed by atoms with Gasteiger partial charge in [-0.15, -0.1) is 0 Å². The van der Waals surface area contributed by atoms with E-state index in [1.807, 2.05) is 26.1 Å². The van der Waals surface area contributed by atoms with Crippen molar-refractivity contribution in [1.82, 2.24) is 4.98 Å². The van der Waals surface area contributed by atoms with E-state index in [1.165, 1.54) is 16.5 Å². The van der Waals surface area contributed by atoms with Crippen LogP contribution >= 0.6 is 0 Å². The van der Waals surface area contributed by atoms with E-state index in [9.17, 15) is 0 Å². The van der Waals surface area contributed by atoms with Crippen LogP contribution in [0, 0.1) is 13.8 Å². The molecule has 0 aliphatic heterocycles. The quantitative estimate of drug-likeness (QED) is 0.610. The van der Waals surface area contributed by atoms with Gasteiger partial charge in [0, 0.05) is 11.6 Å². The maximum absolute atomic E-state index is 4.30. The summed E-state index contributed by atoms with van der Waals surface area (Å²) in [5.41, 5.74) is 3.67. The van der Waals surface area contributed by atoms with Crippen LogP contribution in [0.25, 0.3) is 10.9 Å². The van der Waals surface area contributed by atoms with Crippen molar-refractivity contribution in [3.05, 3.63) is 41.6 Å². The zero-order chi connectivity index (χ0) is 10.6. The van der Waals surface area contributed by atoms with Gasteiger partial charge in [0.25, 0.3) is 0 Å². The Hall–Kier alpha value is -1.37. The van der Waals surface area contributed by atoms with E-state index in [4.69, 9.17) is 0 Å². The predicted octanol–water partition coefficient (Wildman–Crippen LogP) is 3.88. The van der Waals surface area contributed by atoms with Crippen LogP contribution in [0.1, 0.15) is 25.0 Å². The molecule has 0 atom stereocenters. The number of benzene rings is 1. The summed E-state index contributed by atoms with van der Waals surface area (Å²) in [6.07, 6.45) is 1.83. The average Bonchev–Trinajstić information content (AvgIpc) is 2.20. The highest BCUT2D eigenvalue weighted by molar-refractivity contribution is 5.82. The normalized spacial score (nSPS) is 9.43. The van der Waals surface area contributed by atoms with Crippen molar-refractivity contribution in [2.75, 3.05) is 0 Å².